The van der Waals surface area contributed by atoms with Gasteiger partial charge in [0.15, 0.2) is 0 Å². The Morgan fingerprint density at radius 1 is 1.70 bits per heavy atom. The highest BCUT2D eigenvalue weighted by molar-refractivity contribution is 5.86. The second-order valence-corrected chi connectivity index (χ2v) is 2.60. The standard InChI is InChI=1S/C7H13NO2/c1-5(2)3-6(4-8)7(9)10/h4-5H,3,8H2,1-2H3,(H,9,10). The maximum Gasteiger partial charge on any atom is 0.333 e. The van der Waals surface area contributed by atoms with Crippen LogP contribution < -0.4 is 5.73 Å². The van der Waals surface area contributed by atoms with Crippen LogP contribution in [0.3, 0.4) is 0 Å². The molecule has 0 bridgehead atoms. The Bertz CT molecular complexity index is 150. The topological polar surface area (TPSA) is 63.3 Å². The van der Waals surface area contributed by atoms with Gasteiger partial charge in [0.1, 0.15) is 0 Å². The predicted octanol–water partition coefficient (Wildman–Crippen LogP) is 0.960. The molecule has 0 aliphatic carbocycles. The fraction of sp³-hybridized carbons (Fsp3) is 0.571. The lowest BCUT2D eigenvalue weighted by Gasteiger charge is -2.03. The molecule has 3 nitrogen and oxygen atoms in total. The Morgan fingerprint density at radius 3 is 2.30 bits per heavy atom. The quantitative estimate of drug-likeness (QED) is 0.578. The van der Waals surface area contributed by atoms with Crippen molar-refractivity contribution in [2.75, 3.05) is 0 Å². The monoisotopic (exact) mass is 143 g/mol. The SMILES string of the molecule is CC(C)CC(=CN)C(=O)O. The lowest BCUT2D eigenvalue weighted by atomic mass is 10.0. The number of carboxylic acids is 1. The number of carbonyl (C=O) groups is 1. The van der Waals surface area contributed by atoms with E-state index < -0.39 is 5.97 Å². The van der Waals surface area contributed by atoms with Crippen LogP contribution in [0.2, 0.25) is 0 Å². The molecule has 0 heterocycles. The molecule has 58 valence electrons. The predicted molar refractivity (Wildman–Crippen MR) is 39.4 cm³/mol. The molecule has 0 aliphatic heterocycles. The van der Waals surface area contributed by atoms with Gasteiger partial charge in [0.05, 0.1) is 5.57 Å². The molecule has 0 aromatic rings. The van der Waals surface area contributed by atoms with Crippen LogP contribution in [0.1, 0.15) is 20.3 Å². The van der Waals surface area contributed by atoms with Crippen LogP contribution in [0.15, 0.2) is 11.8 Å². The summed E-state index contributed by atoms with van der Waals surface area (Å²) in [5, 5.41) is 8.47. The first-order valence-corrected chi connectivity index (χ1v) is 3.22. The lowest BCUT2D eigenvalue weighted by Crippen LogP contribution is -2.05. The average molecular weight is 143 g/mol. The Hall–Kier alpha value is -0.990. The van der Waals surface area contributed by atoms with Crippen LogP contribution in [-0.2, 0) is 4.79 Å². The molecule has 0 unspecified atom stereocenters. The summed E-state index contributed by atoms with van der Waals surface area (Å²) < 4.78 is 0. The van der Waals surface area contributed by atoms with Gasteiger partial charge in [-0.25, -0.2) is 4.79 Å². The van der Waals surface area contributed by atoms with E-state index in [-0.39, 0.29) is 5.57 Å². The summed E-state index contributed by atoms with van der Waals surface area (Å²) in [6.07, 6.45) is 1.69. The van der Waals surface area contributed by atoms with Crippen LogP contribution in [0.25, 0.3) is 0 Å². The van der Waals surface area contributed by atoms with E-state index in [0.717, 1.165) is 6.20 Å². The first-order valence-electron chi connectivity index (χ1n) is 3.22. The van der Waals surface area contributed by atoms with Gasteiger partial charge in [-0.05, 0) is 12.3 Å². The van der Waals surface area contributed by atoms with Crippen LogP contribution >= 0.6 is 0 Å². The lowest BCUT2D eigenvalue weighted by molar-refractivity contribution is -0.132. The number of hydrogen-bond acceptors (Lipinski definition) is 2. The average Bonchev–Trinajstić information content (AvgIpc) is 1.81. The fourth-order valence-electron chi connectivity index (χ4n) is 0.666. The van der Waals surface area contributed by atoms with Crippen molar-refractivity contribution < 1.29 is 9.90 Å². The van der Waals surface area contributed by atoms with E-state index in [4.69, 9.17) is 10.8 Å². The van der Waals surface area contributed by atoms with Gasteiger partial charge < -0.3 is 10.8 Å². The summed E-state index contributed by atoms with van der Waals surface area (Å²) in [6.45, 7) is 3.90. The van der Waals surface area contributed by atoms with Gasteiger partial charge in [0.2, 0.25) is 0 Å². The maximum atomic E-state index is 10.3. The molecule has 0 fully saturated rings. The zero-order valence-corrected chi connectivity index (χ0v) is 6.29. The van der Waals surface area contributed by atoms with Crippen molar-refractivity contribution in [3.8, 4) is 0 Å². The van der Waals surface area contributed by atoms with E-state index in [1.54, 1.807) is 0 Å². The van der Waals surface area contributed by atoms with Crippen LogP contribution in [-0.4, -0.2) is 11.1 Å². The molecule has 0 amide bonds. The van der Waals surface area contributed by atoms with Gasteiger partial charge in [-0.1, -0.05) is 13.8 Å². The van der Waals surface area contributed by atoms with E-state index in [9.17, 15) is 4.79 Å². The van der Waals surface area contributed by atoms with Crippen molar-refractivity contribution in [2.24, 2.45) is 11.7 Å². The maximum absolute atomic E-state index is 10.3. The normalized spacial score (nSPS) is 12.1. The largest absolute Gasteiger partial charge is 0.478 e. The van der Waals surface area contributed by atoms with Crippen molar-refractivity contribution in [1.82, 2.24) is 0 Å². The van der Waals surface area contributed by atoms with Gasteiger partial charge in [-0.2, -0.15) is 0 Å². The third-order valence-electron chi connectivity index (χ3n) is 1.10. The summed E-state index contributed by atoms with van der Waals surface area (Å²) in [4.78, 5) is 10.3. The molecule has 10 heavy (non-hydrogen) atoms. The second-order valence-electron chi connectivity index (χ2n) is 2.60. The first-order chi connectivity index (χ1) is 4.57. The van der Waals surface area contributed by atoms with Crippen molar-refractivity contribution in [3.05, 3.63) is 11.8 Å². The molecule has 0 aromatic heterocycles. The Labute approximate surface area is 60.5 Å². The molecule has 3 N–H and O–H groups in total. The van der Waals surface area contributed by atoms with Gasteiger partial charge >= 0.3 is 5.97 Å². The van der Waals surface area contributed by atoms with Gasteiger partial charge in [0.25, 0.3) is 0 Å². The van der Waals surface area contributed by atoms with Crippen molar-refractivity contribution in [2.45, 2.75) is 20.3 Å². The smallest absolute Gasteiger partial charge is 0.333 e. The third-order valence-corrected chi connectivity index (χ3v) is 1.10. The molecule has 0 rings (SSSR count). The number of carboxylic acid groups (broad SMARTS) is 1. The molecule has 0 aliphatic rings. The van der Waals surface area contributed by atoms with Gasteiger partial charge in [0, 0.05) is 6.20 Å². The minimum absolute atomic E-state index is 0.287. The van der Waals surface area contributed by atoms with E-state index in [1.165, 1.54) is 0 Å². The van der Waals surface area contributed by atoms with Gasteiger partial charge in [-0.15, -0.1) is 0 Å². The van der Waals surface area contributed by atoms with E-state index in [2.05, 4.69) is 0 Å². The van der Waals surface area contributed by atoms with Gasteiger partial charge in [-0.3, -0.25) is 0 Å². The van der Waals surface area contributed by atoms with Crippen LogP contribution in [0.5, 0.6) is 0 Å². The van der Waals surface area contributed by atoms with E-state index in [1.807, 2.05) is 13.8 Å². The summed E-state index contributed by atoms with van der Waals surface area (Å²) >= 11 is 0. The van der Waals surface area contributed by atoms with Crippen LogP contribution in [0.4, 0.5) is 0 Å². The summed E-state index contributed by atoms with van der Waals surface area (Å²) in [5.41, 5.74) is 5.37. The Morgan fingerprint density at radius 2 is 2.20 bits per heavy atom. The number of hydrogen-bond donors (Lipinski definition) is 2. The molecular weight excluding hydrogens is 130 g/mol. The zero-order chi connectivity index (χ0) is 8.15. The first kappa shape index (κ1) is 9.01. The summed E-state index contributed by atoms with van der Waals surface area (Å²) in [7, 11) is 0. The molecule has 0 radical (unpaired) electrons. The van der Waals surface area contributed by atoms with Crippen molar-refractivity contribution in [1.29, 1.82) is 0 Å². The molecule has 0 saturated carbocycles. The zero-order valence-electron chi connectivity index (χ0n) is 6.29. The molecule has 0 aromatic carbocycles. The Kier molecular flexibility index (Phi) is 3.54. The fourth-order valence-corrected chi connectivity index (χ4v) is 0.666. The molecule has 0 spiro atoms. The number of aliphatic carboxylic acids is 1. The summed E-state index contributed by atoms with van der Waals surface area (Å²) in [6, 6.07) is 0. The highest BCUT2D eigenvalue weighted by atomic mass is 16.4. The van der Waals surface area contributed by atoms with Crippen molar-refractivity contribution in [3.63, 3.8) is 0 Å². The van der Waals surface area contributed by atoms with Crippen molar-refractivity contribution >= 4 is 5.97 Å². The molecule has 0 saturated heterocycles. The van der Waals surface area contributed by atoms with E-state index >= 15 is 0 Å². The minimum Gasteiger partial charge on any atom is -0.478 e. The van der Waals surface area contributed by atoms with Crippen LogP contribution in [0, 0.1) is 5.92 Å². The minimum atomic E-state index is -0.920. The molecule has 3 heteroatoms. The number of nitrogens with two attached hydrogens (primary N) is 1. The van der Waals surface area contributed by atoms with E-state index in [0.29, 0.717) is 12.3 Å². The highest BCUT2D eigenvalue weighted by Gasteiger charge is 2.07. The molecular formula is C7H13NO2. The second kappa shape index (κ2) is 3.93. The Balaban J connectivity index is 3.99. The highest BCUT2D eigenvalue weighted by Crippen LogP contribution is 2.08. The summed E-state index contributed by atoms with van der Waals surface area (Å²) in [5.74, 6) is -0.581. The number of rotatable bonds is 3. The molecule has 0 atom stereocenters. The third kappa shape index (κ3) is 3.12.